The van der Waals surface area contributed by atoms with Crippen LogP contribution in [0, 0.1) is 12.7 Å². The molecule has 0 bridgehead atoms. The van der Waals surface area contributed by atoms with E-state index in [2.05, 4.69) is 10.2 Å². The van der Waals surface area contributed by atoms with Gasteiger partial charge in [0.15, 0.2) is 5.78 Å². The lowest BCUT2D eigenvalue weighted by Crippen LogP contribution is -2.09. The number of aromatic nitrogens is 3. The Labute approximate surface area is 131 Å². The summed E-state index contributed by atoms with van der Waals surface area (Å²) >= 11 is 6.03. The van der Waals surface area contributed by atoms with Crippen molar-refractivity contribution in [3.8, 4) is 5.69 Å². The first-order chi connectivity index (χ1) is 10.6. The molecule has 4 nitrogen and oxygen atoms in total. The van der Waals surface area contributed by atoms with Gasteiger partial charge in [-0.05, 0) is 37.3 Å². The van der Waals surface area contributed by atoms with Gasteiger partial charge in [0, 0.05) is 10.6 Å². The van der Waals surface area contributed by atoms with E-state index in [0.29, 0.717) is 22.1 Å². The second kappa shape index (κ2) is 5.69. The van der Waals surface area contributed by atoms with Crippen LogP contribution in [0.5, 0.6) is 0 Å². The lowest BCUT2D eigenvalue weighted by molar-refractivity contribution is 0.103. The third kappa shape index (κ3) is 2.51. The number of benzene rings is 2. The quantitative estimate of drug-likeness (QED) is 0.694. The van der Waals surface area contributed by atoms with Gasteiger partial charge in [-0.2, -0.15) is 0 Å². The number of rotatable bonds is 3. The van der Waals surface area contributed by atoms with E-state index < -0.39 is 11.6 Å². The second-order valence-corrected chi connectivity index (χ2v) is 5.16. The van der Waals surface area contributed by atoms with Gasteiger partial charge < -0.3 is 0 Å². The van der Waals surface area contributed by atoms with E-state index in [1.807, 2.05) is 0 Å². The standard InChI is InChI=1S/C16H11ClFN3O/c1-10-20-19-9-21(10)15-8-11(17)6-7-13(15)16(22)12-4-2-3-5-14(12)18/h2-9H,1H3. The molecule has 1 heterocycles. The minimum absolute atomic E-state index is 0.0109. The van der Waals surface area contributed by atoms with Crippen molar-refractivity contribution >= 4 is 17.4 Å². The minimum Gasteiger partial charge on any atom is -0.288 e. The number of halogens is 2. The zero-order valence-electron chi connectivity index (χ0n) is 11.6. The van der Waals surface area contributed by atoms with Crippen LogP contribution in [-0.4, -0.2) is 20.5 Å². The number of ketones is 1. The smallest absolute Gasteiger partial charge is 0.198 e. The van der Waals surface area contributed by atoms with Crippen LogP contribution in [0.15, 0.2) is 48.8 Å². The van der Waals surface area contributed by atoms with Crippen molar-refractivity contribution in [1.82, 2.24) is 14.8 Å². The van der Waals surface area contributed by atoms with E-state index in [0.717, 1.165) is 0 Å². The van der Waals surface area contributed by atoms with Gasteiger partial charge in [0.25, 0.3) is 0 Å². The molecule has 0 saturated heterocycles. The molecule has 0 fully saturated rings. The van der Waals surface area contributed by atoms with E-state index in [1.54, 1.807) is 41.8 Å². The molecule has 0 atom stereocenters. The third-order valence-corrected chi connectivity index (χ3v) is 3.54. The topological polar surface area (TPSA) is 47.8 Å². The summed E-state index contributed by atoms with van der Waals surface area (Å²) in [5.41, 5.74) is 0.859. The Bertz CT molecular complexity index is 860. The summed E-state index contributed by atoms with van der Waals surface area (Å²) in [4.78, 5) is 12.7. The number of aryl methyl sites for hydroxylation is 1. The van der Waals surface area contributed by atoms with Crippen molar-refractivity contribution in [3.63, 3.8) is 0 Å². The minimum atomic E-state index is -0.561. The van der Waals surface area contributed by atoms with Crippen molar-refractivity contribution in [1.29, 1.82) is 0 Å². The zero-order valence-corrected chi connectivity index (χ0v) is 12.4. The van der Waals surface area contributed by atoms with Gasteiger partial charge in [0.2, 0.25) is 0 Å². The monoisotopic (exact) mass is 315 g/mol. The first-order valence-corrected chi connectivity index (χ1v) is 6.91. The van der Waals surface area contributed by atoms with E-state index in [9.17, 15) is 9.18 Å². The lowest BCUT2D eigenvalue weighted by atomic mass is 10.0. The Hall–Kier alpha value is -2.53. The highest BCUT2D eigenvalue weighted by Gasteiger charge is 2.19. The summed E-state index contributed by atoms with van der Waals surface area (Å²) < 4.78 is 15.5. The summed E-state index contributed by atoms with van der Waals surface area (Å²) in [6, 6.07) is 10.7. The largest absolute Gasteiger partial charge is 0.288 e. The fourth-order valence-corrected chi connectivity index (χ4v) is 2.38. The average molecular weight is 316 g/mol. The Morgan fingerprint density at radius 3 is 2.64 bits per heavy atom. The van der Waals surface area contributed by atoms with Gasteiger partial charge in [0.1, 0.15) is 18.0 Å². The van der Waals surface area contributed by atoms with Crippen LogP contribution in [0.25, 0.3) is 5.69 Å². The SMILES string of the molecule is Cc1nncn1-c1cc(Cl)ccc1C(=O)c1ccccc1F. The summed E-state index contributed by atoms with van der Waals surface area (Å²) in [6.45, 7) is 1.76. The molecule has 2 aromatic carbocycles. The van der Waals surface area contributed by atoms with Crippen LogP contribution in [-0.2, 0) is 0 Å². The van der Waals surface area contributed by atoms with Gasteiger partial charge in [-0.1, -0.05) is 23.7 Å². The molecule has 22 heavy (non-hydrogen) atoms. The van der Waals surface area contributed by atoms with Crippen molar-refractivity contribution in [2.75, 3.05) is 0 Å². The first-order valence-electron chi connectivity index (χ1n) is 6.53. The molecule has 0 saturated carbocycles. The van der Waals surface area contributed by atoms with Crippen LogP contribution in [0.2, 0.25) is 5.02 Å². The molecule has 0 spiro atoms. The highest BCUT2D eigenvalue weighted by molar-refractivity contribution is 6.31. The summed E-state index contributed by atoms with van der Waals surface area (Å²) in [6.07, 6.45) is 1.49. The highest BCUT2D eigenvalue weighted by atomic mass is 35.5. The van der Waals surface area contributed by atoms with Crippen LogP contribution in [0.1, 0.15) is 21.7 Å². The molecular weight excluding hydrogens is 305 g/mol. The molecule has 0 unspecified atom stereocenters. The van der Waals surface area contributed by atoms with E-state index in [-0.39, 0.29) is 5.56 Å². The number of carbonyl (C=O) groups excluding carboxylic acids is 1. The predicted octanol–water partition coefficient (Wildman–Crippen LogP) is 3.60. The average Bonchev–Trinajstić information content (AvgIpc) is 2.93. The molecule has 0 aliphatic rings. The molecule has 0 radical (unpaired) electrons. The van der Waals surface area contributed by atoms with Crippen LogP contribution in [0.3, 0.4) is 0 Å². The maximum Gasteiger partial charge on any atom is 0.198 e. The zero-order chi connectivity index (χ0) is 15.7. The second-order valence-electron chi connectivity index (χ2n) is 4.72. The van der Waals surface area contributed by atoms with Crippen molar-refractivity contribution in [2.24, 2.45) is 0 Å². The Morgan fingerprint density at radius 2 is 1.95 bits per heavy atom. The predicted molar refractivity (Wildman–Crippen MR) is 80.9 cm³/mol. The highest BCUT2D eigenvalue weighted by Crippen LogP contribution is 2.24. The molecule has 1 aromatic heterocycles. The number of carbonyl (C=O) groups is 1. The maximum atomic E-state index is 13.9. The van der Waals surface area contributed by atoms with E-state index in [1.165, 1.54) is 18.5 Å². The third-order valence-electron chi connectivity index (χ3n) is 3.30. The molecule has 0 N–H and O–H groups in total. The van der Waals surface area contributed by atoms with Crippen LogP contribution >= 0.6 is 11.6 Å². The Balaban J connectivity index is 2.18. The fourth-order valence-electron chi connectivity index (χ4n) is 2.22. The molecule has 6 heteroatoms. The van der Waals surface area contributed by atoms with Gasteiger partial charge in [-0.15, -0.1) is 10.2 Å². The van der Waals surface area contributed by atoms with Crippen LogP contribution < -0.4 is 0 Å². The van der Waals surface area contributed by atoms with E-state index in [4.69, 9.17) is 11.6 Å². The number of hydrogen-bond acceptors (Lipinski definition) is 3. The molecule has 3 rings (SSSR count). The first kappa shape index (κ1) is 14.4. The Morgan fingerprint density at radius 1 is 1.18 bits per heavy atom. The van der Waals surface area contributed by atoms with Crippen molar-refractivity contribution < 1.29 is 9.18 Å². The summed E-state index contributed by atoms with van der Waals surface area (Å²) in [7, 11) is 0. The molecule has 110 valence electrons. The maximum absolute atomic E-state index is 13.9. The van der Waals surface area contributed by atoms with Gasteiger partial charge in [-0.25, -0.2) is 4.39 Å². The fraction of sp³-hybridized carbons (Fsp3) is 0.0625. The summed E-state index contributed by atoms with van der Waals surface area (Å²) in [5, 5.41) is 8.17. The normalized spacial score (nSPS) is 10.7. The van der Waals surface area contributed by atoms with Crippen molar-refractivity contribution in [2.45, 2.75) is 6.92 Å². The molecule has 0 aliphatic carbocycles. The van der Waals surface area contributed by atoms with Gasteiger partial charge in [-0.3, -0.25) is 9.36 Å². The van der Waals surface area contributed by atoms with Crippen molar-refractivity contribution in [3.05, 3.63) is 76.6 Å². The van der Waals surface area contributed by atoms with Gasteiger partial charge >= 0.3 is 0 Å². The van der Waals surface area contributed by atoms with E-state index >= 15 is 0 Å². The lowest BCUT2D eigenvalue weighted by Gasteiger charge is -2.11. The molecule has 0 aliphatic heterocycles. The van der Waals surface area contributed by atoms with Gasteiger partial charge in [0.05, 0.1) is 11.3 Å². The number of hydrogen-bond donors (Lipinski definition) is 0. The van der Waals surface area contributed by atoms with Crippen LogP contribution in [0.4, 0.5) is 4.39 Å². The summed E-state index contributed by atoms with van der Waals surface area (Å²) in [5.74, 6) is -0.378. The molecule has 0 amide bonds. The Kier molecular flexibility index (Phi) is 3.73. The number of nitrogens with zero attached hydrogens (tertiary/aromatic N) is 3. The molecule has 3 aromatic rings. The molecular formula is C16H11ClFN3O.